The molecule has 0 saturated carbocycles. The van der Waals surface area contributed by atoms with E-state index in [1.807, 2.05) is 26.8 Å². The van der Waals surface area contributed by atoms with E-state index < -0.39 is 22.5 Å². The van der Waals surface area contributed by atoms with Gasteiger partial charge in [-0.15, -0.1) is 0 Å². The van der Waals surface area contributed by atoms with Gasteiger partial charge >= 0.3 is 5.97 Å². The first kappa shape index (κ1) is 19.8. The monoisotopic (exact) mass is 377 g/mol. The predicted molar refractivity (Wildman–Crippen MR) is 100 cm³/mol. The van der Waals surface area contributed by atoms with E-state index in [1.165, 1.54) is 19.2 Å². The van der Waals surface area contributed by atoms with Crippen molar-refractivity contribution in [2.45, 2.75) is 25.7 Å². The van der Waals surface area contributed by atoms with Crippen LogP contribution in [0.2, 0.25) is 0 Å². The molecule has 0 aromatic heterocycles. The first-order chi connectivity index (χ1) is 12.3. The lowest BCUT2D eigenvalue weighted by Gasteiger charge is -2.25. The average Bonchev–Trinajstić information content (AvgIpc) is 2.62. The minimum Gasteiger partial charge on any atom is -0.494 e. The Bertz CT molecular complexity index is 875. The van der Waals surface area contributed by atoms with Gasteiger partial charge in [-0.2, -0.15) is 0 Å². The molecule has 0 unspecified atom stereocenters. The number of aryl methyl sites for hydroxylation is 1. The zero-order valence-electron chi connectivity index (χ0n) is 15.4. The molecule has 7 heteroatoms. The second kappa shape index (κ2) is 8.23. The molecule has 0 amide bonds. The Morgan fingerprint density at radius 2 is 1.73 bits per heavy atom. The van der Waals surface area contributed by atoms with Crippen LogP contribution < -0.4 is 9.04 Å². The van der Waals surface area contributed by atoms with Crippen LogP contribution in [0.1, 0.15) is 18.1 Å². The highest BCUT2D eigenvalue weighted by atomic mass is 32.2. The number of sulfonamides is 1. The molecule has 0 aliphatic rings. The number of methoxy groups -OCH3 is 1. The van der Waals surface area contributed by atoms with E-state index in [2.05, 4.69) is 4.74 Å². The van der Waals surface area contributed by atoms with Crippen molar-refractivity contribution in [1.82, 2.24) is 0 Å². The van der Waals surface area contributed by atoms with Gasteiger partial charge in [0.15, 0.2) is 0 Å². The molecule has 0 N–H and O–H groups in total. The van der Waals surface area contributed by atoms with E-state index in [9.17, 15) is 13.2 Å². The quantitative estimate of drug-likeness (QED) is 0.694. The summed E-state index contributed by atoms with van der Waals surface area (Å²) in [7, 11) is -2.72. The highest BCUT2D eigenvalue weighted by Crippen LogP contribution is 2.29. The summed E-state index contributed by atoms with van der Waals surface area (Å²) in [4.78, 5) is 11.9. The molecule has 26 heavy (non-hydrogen) atoms. The van der Waals surface area contributed by atoms with Crippen molar-refractivity contribution in [2.75, 3.05) is 24.6 Å². The molecular formula is C19H23NO5S. The molecule has 2 aromatic carbocycles. The van der Waals surface area contributed by atoms with Crippen molar-refractivity contribution >= 4 is 21.7 Å². The van der Waals surface area contributed by atoms with Crippen LogP contribution in [0.4, 0.5) is 5.69 Å². The molecule has 0 aliphatic carbocycles. The maximum absolute atomic E-state index is 13.2. The number of nitrogens with zero attached hydrogens (tertiary/aromatic N) is 1. The van der Waals surface area contributed by atoms with Crippen LogP contribution in [-0.4, -0.2) is 34.6 Å². The molecule has 2 aromatic rings. The van der Waals surface area contributed by atoms with Crippen molar-refractivity contribution < 1.29 is 22.7 Å². The zero-order valence-corrected chi connectivity index (χ0v) is 16.2. The largest absolute Gasteiger partial charge is 0.494 e. The summed E-state index contributed by atoms with van der Waals surface area (Å²) >= 11 is 0. The number of rotatable bonds is 7. The van der Waals surface area contributed by atoms with E-state index in [1.54, 1.807) is 24.3 Å². The molecule has 0 fully saturated rings. The van der Waals surface area contributed by atoms with Gasteiger partial charge in [-0.3, -0.25) is 9.10 Å². The van der Waals surface area contributed by atoms with Gasteiger partial charge in [0.1, 0.15) is 12.3 Å². The van der Waals surface area contributed by atoms with Gasteiger partial charge in [-0.1, -0.05) is 12.1 Å². The summed E-state index contributed by atoms with van der Waals surface area (Å²) < 4.78 is 37.5. The lowest BCUT2D eigenvalue weighted by atomic mass is 10.1. The Morgan fingerprint density at radius 3 is 2.31 bits per heavy atom. The molecule has 2 rings (SSSR count). The van der Waals surface area contributed by atoms with E-state index in [0.29, 0.717) is 18.0 Å². The number of benzene rings is 2. The molecule has 0 spiro atoms. The standard InChI is InChI=1S/C19H23NO5S/c1-5-25-16-9-11-17(12-10-16)26(22,23)20(13-19(21)24-4)18-8-6-7-14(2)15(18)3/h6-12H,5,13H2,1-4H3. The van der Waals surface area contributed by atoms with Crippen LogP contribution in [0.5, 0.6) is 5.75 Å². The zero-order chi connectivity index (χ0) is 19.3. The molecule has 0 radical (unpaired) electrons. The molecule has 0 heterocycles. The number of esters is 1. The minimum atomic E-state index is -3.95. The average molecular weight is 377 g/mol. The molecule has 0 saturated heterocycles. The number of ether oxygens (including phenoxy) is 2. The van der Waals surface area contributed by atoms with Crippen LogP contribution in [0.3, 0.4) is 0 Å². The van der Waals surface area contributed by atoms with Gasteiger partial charge in [-0.25, -0.2) is 8.42 Å². The van der Waals surface area contributed by atoms with Gasteiger partial charge in [0, 0.05) is 0 Å². The molecule has 140 valence electrons. The lowest BCUT2D eigenvalue weighted by Crippen LogP contribution is -2.36. The summed E-state index contributed by atoms with van der Waals surface area (Å²) in [5.74, 6) is -0.0573. The number of hydrogen-bond acceptors (Lipinski definition) is 5. The third-order valence-electron chi connectivity index (χ3n) is 4.07. The van der Waals surface area contributed by atoms with Crippen molar-refractivity contribution in [3.63, 3.8) is 0 Å². The Morgan fingerprint density at radius 1 is 1.08 bits per heavy atom. The van der Waals surface area contributed by atoms with E-state index in [4.69, 9.17) is 4.74 Å². The Balaban J connectivity index is 2.52. The molecule has 0 aliphatic heterocycles. The van der Waals surface area contributed by atoms with E-state index >= 15 is 0 Å². The third-order valence-corrected chi connectivity index (χ3v) is 5.84. The number of hydrogen-bond donors (Lipinski definition) is 0. The van der Waals surface area contributed by atoms with Crippen molar-refractivity contribution in [2.24, 2.45) is 0 Å². The van der Waals surface area contributed by atoms with E-state index in [0.717, 1.165) is 15.4 Å². The maximum Gasteiger partial charge on any atom is 0.326 e. The van der Waals surface area contributed by atoms with Gasteiger partial charge < -0.3 is 9.47 Å². The van der Waals surface area contributed by atoms with Crippen LogP contribution in [-0.2, 0) is 19.6 Å². The highest BCUT2D eigenvalue weighted by Gasteiger charge is 2.29. The van der Waals surface area contributed by atoms with Crippen molar-refractivity contribution in [3.05, 3.63) is 53.6 Å². The van der Waals surface area contributed by atoms with Crippen LogP contribution in [0, 0.1) is 13.8 Å². The molecule has 0 bridgehead atoms. The summed E-state index contributed by atoms with van der Waals surface area (Å²) in [6, 6.07) is 11.4. The molecule has 6 nitrogen and oxygen atoms in total. The fraction of sp³-hybridized carbons (Fsp3) is 0.316. The fourth-order valence-corrected chi connectivity index (χ4v) is 3.96. The van der Waals surface area contributed by atoms with Crippen molar-refractivity contribution in [1.29, 1.82) is 0 Å². The molecule has 0 atom stereocenters. The van der Waals surface area contributed by atoms with Crippen LogP contribution >= 0.6 is 0 Å². The maximum atomic E-state index is 13.2. The second-order valence-electron chi connectivity index (χ2n) is 5.71. The summed E-state index contributed by atoms with van der Waals surface area (Å²) in [5, 5.41) is 0. The summed E-state index contributed by atoms with van der Waals surface area (Å²) in [5.41, 5.74) is 2.16. The van der Waals surface area contributed by atoms with Gasteiger partial charge in [0.05, 0.1) is 24.3 Å². The molecular weight excluding hydrogens is 354 g/mol. The minimum absolute atomic E-state index is 0.0748. The summed E-state index contributed by atoms with van der Waals surface area (Å²) in [6.45, 7) is 5.64. The van der Waals surface area contributed by atoms with Gasteiger partial charge in [-0.05, 0) is 62.2 Å². The van der Waals surface area contributed by atoms with E-state index in [-0.39, 0.29) is 4.90 Å². The number of carbonyl (C=O) groups excluding carboxylic acids is 1. The first-order valence-electron chi connectivity index (χ1n) is 8.20. The second-order valence-corrected chi connectivity index (χ2v) is 7.57. The topological polar surface area (TPSA) is 72.9 Å². The SMILES string of the molecule is CCOc1ccc(S(=O)(=O)N(CC(=O)OC)c2cccc(C)c2C)cc1. The highest BCUT2D eigenvalue weighted by molar-refractivity contribution is 7.92. The van der Waals surface area contributed by atoms with Crippen LogP contribution in [0.25, 0.3) is 0 Å². The number of carbonyl (C=O) groups is 1. The first-order valence-corrected chi connectivity index (χ1v) is 9.64. The third kappa shape index (κ3) is 4.16. The normalized spacial score (nSPS) is 11.1. The number of anilines is 1. The smallest absolute Gasteiger partial charge is 0.326 e. The van der Waals surface area contributed by atoms with Crippen LogP contribution in [0.15, 0.2) is 47.4 Å². The lowest BCUT2D eigenvalue weighted by molar-refractivity contribution is -0.138. The van der Waals surface area contributed by atoms with Crippen molar-refractivity contribution in [3.8, 4) is 5.75 Å². The Kier molecular flexibility index (Phi) is 6.26. The summed E-state index contributed by atoms with van der Waals surface area (Å²) in [6.07, 6.45) is 0. The Hall–Kier alpha value is -2.54. The fourth-order valence-electron chi connectivity index (χ4n) is 2.49. The van der Waals surface area contributed by atoms with Gasteiger partial charge in [0.2, 0.25) is 0 Å². The van der Waals surface area contributed by atoms with Gasteiger partial charge in [0.25, 0.3) is 10.0 Å². The predicted octanol–water partition coefficient (Wildman–Crippen LogP) is 3.07. The Labute approximate surface area is 154 Å².